The molecular formula is C11H23N. The average molecular weight is 169 g/mol. The summed E-state index contributed by atoms with van der Waals surface area (Å²) in [5.74, 6) is 0.829. The standard InChI is InChI=1S/C11H23N/c1-4-11(9(2)3)7-5-10(12)6-8-11/h9-10H,4-8,12H2,1-3H3. The maximum Gasteiger partial charge on any atom is 0.00392 e. The molecule has 1 heteroatoms. The lowest BCUT2D eigenvalue weighted by atomic mass is 9.64. The summed E-state index contributed by atoms with van der Waals surface area (Å²) >= 11 is 0. The van der Waals surface area contributed by atoms with Crippen molar-refractivity contribution in [3.8, 4) is 0 Å². The molecule has 0 bridgehead atoms. The Bertz CT molecular complexity index is 132. The van der Waals surface area contributed by atoms with E-state index in [1.54, 1.807) is 0 Å². The second kappa shape index (κ2) is 3.78. The van der Waals surface area contributed by atoms with Gasteiger partial charge in [0.15, 0.2) is 0 Å². The molecular weight excluding hydrogens is 146 g/mol. The molecule has 1 rings (SSSR count). The van der Waals surface area contributed by atoms with Crippen LogP contribution in [0.25, 0.3) is 0 Å². The summed E-state index contributed by atoms with van der Waals surface area (Å²) in [5, 5.41) is 0. The molecule has 72 valence electrons. The highest BCUT2D eigenvalue weighted by atomic mass is 14.6. The van der Waals surface area contributed by atoms with Gasteiger partial charge in [-0.2, -0.15) is 0 Å². The minimum atomic E-state index is 0.489. The van der Waals surface area contributed by atoms with Gasteiger partial charge in [-0.05, 0) is 37.0 Å². The van der Waals surface area contributed by atoms with Crippen molar-refractivity contribution in [2.75, 3.05) is 0 Å². The zero-order valence-electron chi connectivity index (χ0n) is 8.77. The Balaban J connectivity index is 2.57. The van der Waals surface area contributed by atoms with Crippen LogP contribution in [-0.4, -0.2) is 6.04 Å². The van der Waals surface area contributed by atoms with Crippen LogP contribution in [0.5, 0.6) is 0 Å². The number of nitrogens with two attached hydrogens (primary N) is 1. The summed E-state index contributed by atoms with van der Waals surface area (Å²) in [6.45, 7) is 7.05. The highest BCUT2D eigenvalue weighted by Crippen LogP contribution is 2.44. The molecule has 2 N–H and O–H groups in total. The van der Waals surface area contributed by atoms with Gasteiger partial charge in [-0.3, -0.25) is 0 Å². The van der Waals surface area contributed by atoms with Gasteiger partial charge in [-0.1, -0.05) is 27.2 Å². The van der Waals surface area contributed by atoms with Gasteiger partial charge in [-0.15, -0.1) is 0 Å². The van der Waals surface area contributed by atoms with Gasteiger partial charge >= 0.3 is 0 Å². The monoisotopic (exact) mass is 169 g/mol. The molecule has 0 aromatic heterocycles. The normalized spacial score (nSPS) is 37.2. The molecule has 0 heterocycles. The minimum Gasteiger partial charge on any atom is -0.328 e. The molecule has 0 amide bonds. The smallest absolute Gasteiger partial charge is 0.00392 e. The largest absolute Gasteiger partial charge is 0.328 e. The van der Waals surface area contributed by atoms with Crippen molar-refractivity contribution in [3.63, 3.8) is 0 Å². The first-order chi connectivity index (χ1) is 5.60. The van der Waals surface area contributed by atoms with Gasteiger partial charge in [0.1, 0.15) is 0 Å². The van der Waals surface area contributed by atoms with E-state index >= 15 is 0 Å². The first kappa shape index (κ1) is 10.0. The van der Waals surface area contributed by atoms with Gasteiger partial charge in [0.2, 0.25) is 0 Å². The van der Waals surface area contributed by atoms with Crippen molar-refractivity contribution in [2.24, 2.45) is 17.1 Å². The van der Waals surface area contributed by atoms with Crippen LogP contribution >= 0.6 is 0 Å². The van der Waals surface area contributed by atoms with Gasteiger partial charge in [0.25, 0.3) is 0 Å². The maximum absolute atomic E-state index is 5.91. The van der Waals surface area contributed by atoms with Crippen LogP contribution in [0, 0.1) is 11.3 Å². The second-order valence-electron chi connectivity index (χ2n) is 4.71. The molecule has 12 heavy (non-hydrogen) atoms. The van der Waals surface area contributed by atoms with Crippen LogP contribution < -0.4 is 5.73 Å². The van der Waals surface area contributed by atoms with Crippen molar-refractivity contribution in [2.45, 2.75) is 58.9 Å². The van der Waals surface area contributed by atoms with E-state index in [0.29, 0.717) is 11.5 Å². The maximum atomic E-state index is 5.91. The van der Waals surface area contributed by atoms with Gasteiger partial charge in [0.05, 0.1) is 0 Å². The summed E-state index contributed by atoms with van der Waals surface area (Å²) in [6.07, 6.45) is 6.51. The summed E-state index contributed by atoms with van der Waals surface area (Å²) in [6, 6.07) is 0.489. The molecule has 0 unspecified atom stereocenters. The van der Waals surface area contributed by atoms with Crippen molar-refractivity contribution >= 4 is 0 Å². The zero-order valence-corrected chi connectivity index (χ0v) is 8.77. The van der Waals surface area contributed by atoms with Crippen LogP contribution in [-0.2, 0) is 0 Å². The molecule has 0 aliphatic heterocycles. The average Bonchev–Trinajstić information content (AvgIpc) is 2.06. The first-order valence-corrected chi connectivity index (χ1v) is 5.36. The van der Waals surface area contributed by atoms with Gasteiger partial charge in [-0.25, -0.2) is 0 Å². The summed E-state index contributed by atoms with van der Waals surface area (Å²) in [4.78, 5) is 0. The van der Waals surface area contributed by atoms with E-state index < -0.39 is 0 Å². The number of hydrogen-bond donors (Lipinski definition) is 1. The van der Waals surface area contributed by atoms with Crippen LogP contribution in [0.15, 0.2) is 0 Å². The molecule has 1 nitrogen and oxygen atoms in total. The zero-order chi connectivity index (χ0) is 9.19. The van der Waals surface area contributed by atoms with Gasteiger partial charge in [0, 0.05) is 6.04 Å². The predicted molar refractivity (Wildman–Crippen MR) is 54.0 cm³/mol. The van der Waals surface area contributed by atoms with E-state index in [1.807, 2.05) is 0 Å². The van der Waals surface area contributed by atoms with E-state index in [9.17, 15) is 0 Å². The van der Waals surface area contributed by atoms with Crippen LogP contribution in [0.1, 0.15) is 52.9 Å². The Kier molecular flexibility index (Phi) is 3.16. The van der Waals surface area contributed by atoms with Crippen molar-refractivity contribution in [1.29, 1.82) is 0 Å². The Hall–Kier alpha value is -0.0400. The van der Waals surface area contributed by atoms with Crippen molar-refractivity contribution in [1.82, 2.24) is 0 Å². The Morgan fingerprint density at radius 2 is 1.83 bits per heavy atom. The van der Waals surface area contributed by atoms with E-state index in [2.05, 4.69) is 20.8 Å². The minimum absolute atomic E-state index is 0.489. The van der Waals surface area contributed by atoms with E-state index in [0.717, 1.165) is 5.92 Å². The third-order valence-corrected chi connectivity index (χ3v) is 3.95. The lowest BCUT2D eigenvalue weighted by molar-refractivity contribution is 0.103. The summed E-state index contributed by atoms with van der Waals surface area (Å²) in [5.41, 5.74) is 6.53. The molecule has 0 saturated heterocycles. The van der Waals surface area contributed by atoms with Crippen molar-refractivity contribution < 1.29 is 0 Å². The first-order valence-electron chi connectivity index (χ1n) is 5.36. The Morgan fingerprint density at radius 1 is 1.33 bits per heavy atom. The lowest BCUT2D eigenvalue weighted by Crippen LogP contribution is -2.36. The number of rotatable bonds is 2. The molecule has 0 radical (unpaired) electrons. The van der Waals surface area contributed by atoms with E-state index in [4.69, 9.17) is 5.73 Å². The lowest BCUT2D eigenvalue weighted by Gasteiger charge is -2.42. The molecule has 1 fully saturated rings. The molecule has 0 aromatic carbocycles. The number of hydrogen-bond acceptors (Lipinski definition) is 1. The van der Waals surface area contributed by atoms with E-state index in [-0.39, 0.29) is 0 Å². The molecule has 1 saturated carbocycles. The highest BCUT2D eigenvalue weighted by Gasteiger charge is 2.35. The third kappa shape index (κ3) is 1.82. The Labute approximate surface area is 76.7 Å². The van der Waals surface area contributed by atoms with Crippen LogP contribution in [0.2, 0.25) is 0 Å². The molecule has 0 spiro atoms. The Morgan fingerprint density at radius 3 is 2.17 bits per heavy atom. The SMILES string of the molecule is CCC1(C(C)C)CCC(N)CC1. The van der Waals surface area contributed by atoms with Crippen LogP contribution in [0.4, 0.5) is 0 Å². The molecule has 0 atom stereocenters. The second-order valence-corrected chi connectivity index (χ2v) is 4.71. The topological polar surface area (TPSA) is 26.0 Å². The third-order valence-electron chi connectivity index (χ3n) is 3.95. The van der Waals surface area contributed by atoms with E-state index in [1.165, 1.54) is 32.1 Å². The predicted octanol–water partition coefficient (Wildman–Crippen LogP) is 2.94. The summed E-state index contributed by atoms with van der Waals surface area (Å²) in [7, 11) is 0. The van der Waals surface area contributed by atoms with Crippen molar-refractivity contribution in [3.05, 3.63) is 0 Å². The quantitative estimate of drug-likeness (QED) is 0.675. The molecule has 1 aliphatic rings. The fourth-order valence-electron chi connectivity index (χ4n) is 2.55. The van der Waals surface area contributed by atoms with Gasteiger partial charge < -0.3 is 5.73 Å². The summed E-state index contributed by atoms with van der Waals surface area (Å²) < 4.78 is 0. The molecule has 0 aromatic rings. The molecule has 1 aliphatic carbocycles. The van der Waals surface area contributed by atoms with Crippen LogP contribution in [0.3, 0.4) is 0 Å². The highest BCUT2D eigenvalue weighted by molar-refractivity contribution is 4.87. The fraction of sp³-hybridized carbons (Fsp3) is 1.00. The fourth-order valence-corrected chi connectivity index (χ4v) is 2.55.